The number of phenols is 1. The molecule has 16 N–H and O–H groups in total. The number of nitrogens with one attached hydrogen (secondary N) is 10. The summed E-state index contributed by atoms with van der Waals surface area (Å²) >= 11 is 0.798. The number of fused-ring (bicyclic) bond motifs is 3. The van der Waals surface area contributed by atoms with Crippen molar-refractivity contribution in [3.63, 3.8) is 0 Å². The average Bonchev–Trinajstić information content (AvgIpc) is 1.54. The maximum atomic E-state index is 15.7. The molecule has 1 aromatic heterocycles. The first-order valence-corrected chi connectivity index (χ1v) is 45.2. The topological polar surface area (TPSA) is 506 Å². The van der Waals surface area contributed by atoms with Crippen molar-refractivity contribution in [3.8, 4) is 5.75 Å². The molecule has 698 valence electrons. The Bertz CT molecular complexity index is 5070. The van der Waals surface area contributed by atoms with E-state index in [1.165, 1.54) is 77.1 Å². The molecule has 35 nitrogen and oxygen atoms in total. The Morgan fingerprint density at radius 2 is 1.12 bits per heavy atom. The molecule has 0 radical (unpaired) electrons. The molecule has 37 heteroatoms. The molecule has 4 heterocycles. The van der Waals surface area contributed by atoms with Crippen LogP contribution in [0.5, 0.6) is 5.75 Å². The van der Waals surface area contributed by atoms with Gasteiger partial charge >= 0.3 is 5.97 Å². The number of carboxylic acids is 1. The number of carbonyl (C=O) groups is 16. The zero-order chi connectivity index (χ0) is 94.4. The van der Waals surface area contributed by atoms with Gasteiger partial charge in [-0.2, -0.15) is 0 Å². The number of halogens is 1. The molecular formula is C93H120FN17O18S. The number of hydrogen-bond acceptors (Lipinski definition) is 19. The van der Waals surface area contributed by atoms with Crippen LogP contribution in [0.2, 0.25) is 0 Å². The van der Waals surface area contributed by atoms with Crippen LogP contribution >= 0.6 is 11.8 Å². The van der Waals surface area contributed by atoms with Crippen LogP contribution in [0, 0.1) is 17.7 Å². The van der Waals surface area contributed by atoms with Crippen molar-refractivity contribution in [1.82, 2.24) is 77.3 Å². The highest BCUT2D eigenvalue weighted by molar-refractivity contribution is 8.00. The van der Waals surface area contributed by atoms with Crippen LogP contribution in [0.3, 0.4) is 0 Å². The molecule has 1 spiro atoms. The SMILES string of the molecule is CCCC[C@H]1C(=O)N2CCC[C@@H]2C(=O)N[C@@H](CC(=O)O)C(=O)N[C@@H](C(C)C)C(=O)N(C)[C@@]2(C[C@H]2c2ccccc2)C(=O)N[C@@H](CCN)C(=O)N2CCC[C@@H]2C(=O)N[C@@H](Cc2c[nH]c3ccccc23)C(=O)N[C@@H](Cc2ccc(O)cc2)C(=O)N[C@@H](CC(C)C)C(=O)N[C@H](C(=O)NCC(N)=O)CSCC(=O)N[C@@H](Cc2ccc(F)cc2)C(=O)N(C)[C@@H](Cc2ccccc2)C(=O)N1C. The van der Waals surface area contributed by atoms with E-state index < -0.39 is 215 Å². The van der Waals surface area contributed by atoms with E-state index in [1.54, 1.807) is 119 Å². The van der Waals surface area contributed by atoms with Gasteiger partial charge in [0.15, 0.2) is 0 Å². The molecule has 1 saturated carbocycles. The Hall–Kier alpha value is -12.8. The van der Waals surface area contributed by atoms with Crippen LogP contribution in [0.15, 0.2) is 140 Å². The van der Waals surface area contributed by atoms with Crippen molar-refractivity contribution in [1.29, 1.82) is 0 Å². The molecule has 0 bridgehead atoms. The maximum Gasteiger partial charge on any atom is 0.305 e. The van der Waals surface area contributed by atoms with Gasteiger partial charge in [-0.15, -0.1) is 11.8 Å². The third-order valence-electron chi connectivity index (χ3n) is 24.4. The fourth-order valence-corrected chi connectivity index (χ4v) is 18.0. The number of thioether (sulfide) groups is 1. The number of carbonyl (C=O) groups excluding carboxylic acids is 15. The van der Waals surface area contributed by atoms with Gasteiger partial charge in [-0.05, 0) is 128 Å². The van der Waals surface area contributed by atoms with E-state index in [4.69, 9.17) is 11.5 Å². The van der Waals surface area contributed by atoms with Crippen molar-refractivity contribution in [2.24, 2.45) is 23.3 Å². The second-order valence-corrected chi connectivity index (χ2v) is 35.6. The summed E-state index contributed by atoms with van der Waals surface area (Å²) in [6.45, 7) is 7.61. The molecule has 0 unspecified atom stereocenters. The monoisotopic (exact) mass is 1810 g/mol. The lowest BCUT2D eigenvalue weighted by molar-refractivity contribution is -0.152. The fourth-order valence-electron chi connectivity index (χ4n) is 17.2. The molecule has 4 aliphatic rings. The molecule has 10 rings (SSSR count). The number of aromatic amines is 1. The Morgan fingerprint density at radius 3 is 1.72 bits per heavy atom. The smallest absolute Gasteiger partial charge is 0.305 e. The molecule has 4 fully saturated rings. The van der Waals surface area contributed by atoms with Gasteiger partial charge in [0.2, 0.25) is 88.6 Å². The molecule has 1 aliphatic carbocycles. The Morgan fingerprint density at radius 1 is 0.569 bits per heavy atom. The molecule has 3 saturated heterocycles. The van der Waals surface area contributed by atoms with Crippen LogP contribution in [0.25, 0.3) is 10.9 Å². The first kappa shape index (κ1) is 99.4. The summed E-state index contributed by atoms with van der Waals surface area (Å²) in [6, 6.07) is 17.3. The summed E-state index contributed by atoms with van der Waals surface area (Å²) < 4.78 is 14.6. The number of nitrogens with zero attached hydrogens (tertiary/aromatic N) is 5. The summed E-state index contributed by atoms with van der Waals surface area (Å²) in [4.78, 5) is 247. The fraction of sp³-hybridized carbons (Fsp3) is 0.484. The predicted molar refractivity (Wildman–Crippen MR) is 481 cm³/mol. The Balaban J connectivity index is 1.04. The van der Waals surface area contributed by atoms with Gasteiger partial charge in [-0.1, -0.05) is 151 Å². The Kier molecular flexibility index (Phi) is 35.1. The number of aromatic hydroxyl groups is 1. The van der Waals surface area contributed by atoms with Gasteiger partial charge in [0.05, 0.1) is 18.7 Å². The highest BCUT2D eigenvalue weighted by Gasteiger charge is 2.66. The van der Waals surface area contributed by atoms with Crippen LogP contribution in [-0.2, 0) is 102 Å². The van der Waals surface area contributed by atoms with E-state index in [-0.39, 0.29) is 108 Å². The van der Waals surface area contributed by atoms with Crippen LogP contribution in [-0.4, -0.2) is 271 Å². The van der Waals surface area contributed by atoms with Crippen molar-refractivity contribution >= 4 is 117 Å². The number of amides is 15. The zero-order valence-corrected chi connectivity index (χ0v) is 75.2. The van der Waals surface area contributed by atoms with Gasteiger partial charge in [0.25, 0.3) is 0 Å². The lowest BCUT2D eigenvalue weighted by Gasteiger charge is -2.38. The van der Waals surface area contributed by atoms with Crippen molar-refractivity contribution < 1.29 is 91.3 Å². The maximum absolute atomic E-state index is 15.7. The molecule has 14 atom stereocenters. The second kappa shape index (κ2) is 45.9. The number of carboxylic acid groups (broad SMARTS) is 1. The number of aromatic nitrogens is 1. The van der Waals surface area contributed by atoms with Gasteiger partial charge in [0.1, 0.15) is 89.6 Å². The lowest BCUT2D eigenvalue weighted by Crippen LogP contribution is -2.62. The summed E-state index contributed by atoms with van der Waals surface area (Å²) in [5, 5.41) is 45.8. The zero-order valence-electron chi connectivity index (χ0n) is 74.4. The van der Waals surface area contributed by atoms with Crippen molar-refractivity contribution in [2.75, 3.05) is 58.8 Å². The minimum absolute atomic E-state index is 0.0160. The summed E-state index contributed by atoms with van der Waals surface area (Å²) in [6.07, 6.45) is 0.865. The van der Waals surface area contributed by atoms with Crippen LogP contribution in [0.1, 0.15) is 139 Å². The van der Waals surface area contributed by atoms with E-state index in [0.29, 0.717) is 51.6 Å². The van der Waals surface area contributed by atoms with E-state index in [0.717, 1.165) is 28.8 Å². The molecule has 5 aromatic carbocycles. The number of benzene rings is 5. The van der Waals surface area contributed by atoms with Crippen LogP contribution in [0.4, 0.5) is 4.39 Å². The first-order valence-electron chi connectivity index (χ1n) is 44.1. The lowest BCUT2D eigenvalue weighted by atomic mass is 9.98. The average molecular weight is 1820 g/mol. The summed E-state index contributed by atoms with van der Waals surface area (Å²) in [5.41, 5.74) is 13.1. The predicted octanol–water partition coefficient (Wildman–Crippen LogP) is 2.25. The summed E-state index contributed by atoms with van der Waals surface area (Å²) in [7, 11) is 4.08. The van der Waals surface area contributed by atoms with E-state index >= 15 is 47.9 Å². The standard InChI is InChI=1S/C93H120FN17O18S/c1-9-10-27-74-90(127)111-41-20-29-73(111)86(123)103-69(47-78(115)116)84(121)106-79(54(4)5)91(128)109(8)93(48-63(93)58-23-15-12-16-24-58)92(129)105-65(38-39-95)88(125)110-40-19-28-72(110)85(122)102-68(46-59-49-97-64-26-18-17-25-62(59)64)83(120)101-67(43-57-32-36-61(112)37-33-57)82(119)100-66(42-53(2)3)81(118)104-71(80(117)98-50-76(96)113)51-130-52-77(114)99-70(44-56-30-34-60(94)35-31-56)87(124)108(7)75(89(126)107(74)6)45-55-21-13-11-14-22-55/h11-18,21-26,30-37,49,53-54,63,65-75,79,97,112H,9-10,19-20,27-29,38-48,50-52,95H2,1-8H3,(H2,96,113)(H,98,117)(H,99,114)(H,100,119)(H,101,120)(H,102,122)(H,103,123)(H,104,118)(H,105,129)(H,106,121)(H,115,116)/t63-,65-,66-,67-,68-,69-,70-,71-,72+,73+,74-,75-,79-,93+/m0/s1. The molecule has 130 heavy (non-hydrogen) atoms. The largest absolute Gasteiger partial charge is 0.508 e. The van der Waals surface area contributed by atoms with Gasteiger partial charge < -0.3 is 99.0 Å². The molecular weight excluding hydrogens is 1690 g/mol. The minimum atomic E-state index is -1.89. The third-order valence-corrected chi connectivity index (χ3v) is 25.4. The first-order chi connectivity index (χ1) is 62.0. The third kappa shape index (κ3) is 25.6. The minimum Gasteiger partial charge on any atom is -0.508 e. The van der Waals surface area contributed by atoms with Crippen molar-refractivity contribution in [2.45, 2.75) is 215 Å². The number of rotatable bonds is 22. The number of aliphatic carboxylic acids is 1. The summed E-state index contributed by atoms with van der Waals surface area (Å²) in [5.74, 6) is -18.2. The molecule has 6 aromatic rings. The van der Waals surface area contributed by atoms with E-state index in [1.807, 2.05) is 6.92 Å². The van der Waals surface area contributed by atoms with Crippen molar-refractivity contribution in [3.05, 3.63) is 173 Å². The number of hydrogen-bond donors (Lipinski definition) is 14. The quantitative estimate of drug-likeness (QED) is 0.0463. The number of nitrogens with two attached hydrogens (primary N) is 2. The number of primary amides is 1. The van der Waals surface area contributed by atoms with Crippen LogP contribution < -0.4 is 59.3 Å². The second-order valence-electron chi connectivity index (χ2n) is 34.6. The van der Waals surface area contributed by atoms with E-state index in [2.05, 4.69) is 52.8 Å². The number of unbranched alkanes of at least 4 members (excludes halogenated alkanes) is 1. The number of para-hydroxylation sites is 1. The number of phenolic OH excluding ortho intramolecular Hbond substituents is 1. The van der Waals surface area contributed by atoms with E-state index in [9.17, 15) is 43.4 Å². The molecule has 3 aliphatic heterocycles. The van der Waals surface area contributed by atoms with Gasteiger partial charge in [0, 0.05) is 88.7 Å². The van der Waals surface area contributed by atoms with Gasteiger partial charge in [-0.25, -0.2) is 4.39 Å². The van der Waals surface area contributed by atoms with Gasteiger partial charge in [-0.3, -0.25) is 76.7 Å². The highest BCUT2D eigenvalue weighted by Crippen LogP contribution is 2.56. The molecule has 15 amide bonds. The number of H-pyrrole nitrogens is 1. The Labute approximate surface area is 758 Å². The number of likely N-dealkylation sites (N-methyl/N-ethyl adjacent to an activating group) is 3. The normalized spacial score (nSPS) is 25.3. The highest BCUT2D eigenvalue weighted by atomic mass is 32.2.